The first kappa shape index (κ1) is 27.4. The van der Waals surface area contributed by atoms with Crippen molar-refractivity contribution in [1.82, 2.24) is 10.2 Å². The second kappa shape index (κ2) is 11.0. The van der Waals surface area contributed by atoms with Gasteiger partial charge in [0.1, 0.15) is 12.6 Å². The second-order valence-corrected chi connectivity index (χ2v) is 11.5. The van der Waals surface area contributed by atoms with Gasteiger partial charge in [0.05, 0.1) is 11.9 Å². The maximum atomic E-state index is 13.6. The quantitative estimate of drug-likeness (QED) is 0.585. The summed E-state index contributed by atoms with van der Waals surface area (Å²) in [6.07, 6.45) is 1.71. The van der Waals surface area contributed by atoms with Crippen molar-refractivity contribution in [2.24, 2.45) is 0 Å². The molecule has 1 unspecified atom stereocenters. The Labute approximate surface area is 204 Å². The van der Waals surface area contributed by atoms with Gasteiger partial charge in [0.15, 0.2) is 0 Å². The van der Waals surface area contributed by atoms with Crippen LogP contribution >= 0.6 is 0 Å². The van der Waals surface area contributed by atoms with Crippen LogP contribution in [-0.4, -0.2) is 49.5 Å². The van der Waals surface area contributed by atoms with Crippen LogP contribution < -0.4 is 9.62 Å². The van der Waals surface area contributed by atoms with Gasteiger partial charge in [0.2, 0.25) is 21.8 Å². The summed E-state index contributed by atoms with van der Waals surface area (Å²) < 4.78 is 26.6. The van der Waals surface area contributed by atoms with Crippen molar-refractivity contribution in [3.05, 3.63) is 65.2 Å². The normalized spacial score (nSPS) is 12.7. The van der Waals surface area contributed by atoms with Crippen LogP contribution in [0, 0.1) is 6.92 Å². The van der Waals surface area contributed by atoms with Gasteiger partial charge >= 0.3 is 0 Å². The summed E-state index contributed by atoms with van der Waals surface area (Å²) in [6, 6.07) is 14.0. The fourth-order valence-electron chi connectivity index (χ4n) is 3.68. The van der Waals surface area contributed by atoms with Crippen LogP contribution in [-0.2, 0) is 32.6 Å². The predicted molar refractivity (Wildman–Crippen MR) is 137 cm³/mol. The first-order valence-electron chi connectivity index (χ1n) is 11.5. The number of aryl methyl sites for hydroxylation is 2. The van der Waals surface area contributed by atoms with E-state index in [1.54, 1.807) is 19.1 Å². The topological polar surface area (TPSA) is 86.8 Å². The summed E-state index contributed by atoms with van der Waals surface area (Å²) >= 11 is 0. The number of carbonyl (C=O) groups excluding carboxylic acids is 2. The molecule has 0 saturated heterocycles. The van der Waals surface area contributed by atoms with Gasteiger partial charge in [-0.3, -0.25) is 13.9 Å². The number of hydrogen-bond acceptors (Lipinski definition) is 4. The molecule has 0 aliphatic carbocycles. The van der Waals surface area contributed by atoms with E-state index in [0.717, 1.165) is 27.3 Å². The number of para-hydroxylation sites is 1. The molecule has 2 amide bonds. The second-order valence-electron chi connectivity index (χ2n) is 9.62. The van der Waals surface area contributed by atoms with Crippen LogP contribution in [0.15, 0.2) is 48.5 Å². The van der Waals surface area contributed by atoms with E-state index in [-0.39, 0.29) is 12.5 Å². The van der Waals surface area contributed by atoms with Crippen molar-refractivity contribution in [2.45, 2.75) is 66.1 Å². The highest BCUT2D eigenvalue weighted by molar-refractivity contribution is 7.92. The summed E-state index contributed by atoms with van der Waals surface area (Å²) in [5, 5.41) is 2.92. The molecule has 2 aromatic carbocycles. The van der Waals surface area contributed by atoms with Crippen molar-refractivity contribution in [1.29, 1.82) is 0 Å². The molecule has 2 rings (SSSR count). The molecular weight excluding hydrogens is 450 g/mol. The minimum Gasteiger partial charge on any atom is -0.350 e. The van der Waals surface area contributed by atoms with Crippen LogP contribution in [0.1, 0.15) is 51.3 Å². The maximum absolute atomic E-state index is 13.6. The van der Waals surface area contributed by atoms with E-state index in [9.17, 15) is 18.0 Å². The monoisotopic (exact) mass is 487 g/mol. The molecule has 0 saturated carbocycles. The Balaban J connectivity index is 2.46. The third kappa shape index (κ3) is 7.32. The number of carbonyl (C=O) groups is 2. The van der Waals surface area contributed by atoms with Crippen molar-refractivity contribution >= 4 is 27.5 Å². The van der Waals surface area contributed by atoms with Crippen molar-refractivity contribution in [2.75, 3.05) is 17.1 Å². The summed E-state index contributed by atoms with van der Waals surface area (Å²) in [5.41, 5.74) is 2.71. The molecule has 1 atom stereocenters. The average Bonchev–Trinajstić information content (AvgIpc) is 2.74. The minimum absolute atomic E-state index is 0.192. The first-order chi connectivity index (χ1) is 15.7. The number of benzene rings is 2. The number of anilines is 1. The number of amides is 2. The van der Waals surface area contributed by atoms with Crippen molar-refractivity contribution in [3.63, 3.8) is 0 Å². The third-order valence-electron chi connectivity index (χ3n) is 5.59. The molecular formula is C26H37N3O4S. The van der Waals surface area contributed by atoms with Crippen LogP contribution in [0.5, 0.6) is 0 Å². The zero-order chi connectivity index (χ0) is 25.7. The van der Waals surface area contributed by atoms with Gasteiger partial charge in [-0.15, -0.1) is 0 Å². The number of rotatable bonds is 9. The van der Waals surface area contributed by atoms with Gasteiger partial charge in [-0.1, -0.05) is 49.4 Å². The van der Waals surface area contributed by atoms with Crippen molar-refractivity contribution in [3.8, 4) is 0 Å². The third-order valence-corrected chi connectivity index (χ3v) is 6.71. The van der Waals surface area contributed by atoms with Crippen LogP contribution in [0.4, 0.5) is 5.69 Å². The molecule has 0 radical (unpaired) electrons. The average molecular weight is 488 g/mol. The Kier molecular flexibility index (Phi) is 8.89. The van der Waals surface area contributed by atoms with Gasteiger partial charge in [0, 0.05) is 12.1 Å². The predicted octanol–water partition coefficient (Wildman–Crippen LogP) is 3.66. The standard InChI is InChI=1S/C26H37N3O4S/c1-8-21-14-11-12-16-23(21)29(34(7,32)33)18-24(30)28(17-22-15-10-9-13-19(22)2)20(3)25(31)27-26(4,5)6/h9-16,20H,8,17-18H2,1-7H3,(H,27,31). The van der Waals surface area contributed by atoms with E-state index < -0.39 is 34.1 Å². The van der Waals surface area contributed by atoms with E-state index in [1.807, 2.05) is 71.0 Å². The van der Waals surface area contributed by atoms with E-state index in [2.05, 4.69) is 5.32 Å². The van der Waals surface area contributed by atoms with Crippen molar-refractivity contribution < 1.29 is 18.0 Å². The highest BCUT2D eigenvalue weighted by atomic mass is 32.2. The molecule has 34 heavy (non-hydrogen) atoms. The molecule has 0 aliphatic rings. The van der Waals surface area contributed by atoms with E-state index in [0.29, 0.717) is 12.1 Å². The van der Waals surface area contributed by atoms with Crippen LogP contribution in [0.3, 0.4) is 0 Å². The Bertz CT molecular complexity index is 1120. The maximum Gasteiger partial charge on any atom is 0.244 e. The van der Waals surface area contributed by atoms with Gasteiger partial charge in [-0.25, -0.2) is 8.42 Å². The van der Waals surface area contributed by atoms with E-state index in [1.165, 1.54) is 4.90 Å². The van der Waals surface area contributed by atoms with Gasteiger partial charge < -0.3 is 10.2 Å². The number of hydrogen-bond donors (Lipinski definition) is 1. The van der Waals surface area contributed by atoms with Gasteiger partial charge in [-0.05, 0) is 63.8 Å². The number of sulfonamides is 1. The summed E-state index contributed by atoms with van der Waals surface area (Å²) in [7, 11) is -3.75. The molecule has 2 aromatic rings. The lowest BCUT2D eigenvalue weighted by molar-refractivity contribution is -0.140. The van der Waals surface area contributed by atoms with E-state index >= 15 is 0 Å². The Morgan fingerprint density at radius 3 is 2.09 bits per heavy atom. The Hall–Kier alpha value is -2.87. The molecule has 0 aliphatic heterocycles. The van der Waals surface area contributed by atoms with Crippen LogP contribution in [0.2, 0.25) is 0 Å². The number of nitrogens with one attached hydrogen (secondary N) is 1. The molecule has 0 bridgehead atoms. The zero-order valence-corrected chi connectivity index (χ0v) is 22.1. The summed E-state index contributed by atoms with van der Waals surface area (Å²) in [6.45, 7) is 11.0. The van der Waals surface area contributed by atoms with E-state index in [4.69, 9.17) is 0 Å². The molecule has 186 valence electrons. The minimum atomic E-state index is -3.75. The molecule has 0 spiro atoms. The molecule has 7 nitrogen and oxygen atoms in total. The Morgan fingerprint density at radius 2 is 1.56 bits per heavy atom. The molecule has 1 N–H and O–H groups in total. The lowest BCUT2D eigenvalue weighted by Crippen LogP contribution is -2.54. The molecule has 8 heteroatoms. The fraction of sp³-hybridized carbons (Fsp3) is 0.462. The largest absolute Gasteiger partial charge is 0.350 e. The lowest BCUT2D eigenvalue weighted by atomic mass is 10.1. The Morgan fingerprint density at radius 1 is 1.00 bits per heavy atom. The number of nitrogens with zero attached hydrogens (tertiary/aromatic N) is 2. The molecule has 0 fully saturated rings. The molecule has 0 aromatic heterocycles. The van der Waals surface area contributed by atoms with Gasteiger partial charge in [-0.2, -0.15) is 0 Å². The molecule has 0 heterocycles. The SMILES string of the molecule is CCc1ccccc1N(CC(=O)N(Cc1ccccc1C)C(C)C(=O)NC(C)(C)C)S(C)(=O)=O. The first-order valence-corrected chi connectivity index (χ1v) is 13.3. The summed E-state index contributed by atoms with van der Waals surface area (Å²) in [5.74, 6) is -0.745. The zero-order valence-electron chi connectivity index (χ0n) is 21.3. The highest BCUT2D eigenvalue weighted by Crippen LogP contribution is 2.24. The lowest BCUT2D eigenvalue weighted by Gasteiger charge is -2.33. The highest BCUT2D eigenvalue weighted by Gasteiger charge is 2.32. The fourth-order valence-corrected chi connectivity index (χ4v) is 4.56. The summed E-state index contributed by atoms with van der Waals surface area (Å²) in [4.78, 5) is 28.1. The smallest absolute Gasteiger partial charge is 0.244 e. The van der Waals surface area contributed by atoms with Gasteiger partial charge in [0.25, 0.3) is 0 Å². The van der Waals surface area contributed by atoms with Crippen LogP contribution in [0.25, 0.3) is 0 Å².